The van der Waals surface area contributed by atoms with E-state index in [1.807, 2.05) is 0 Å². The molecule has 0 aromatic heterocycles. The number of carbonyl (C=O) groups is 4. The van der Waals surface area contributed by atoms with E-state index >= 15 is 0 Å². The highest BCUT2D eigenvalue weighted by Gasteiger charge is 2.31. The SMILES string of the molecule is CCCCCCCCCCCCCCCCCCCCCCCCC(=O)O[C@H](COC(=O)CCCCCCCCCCCCCCCCCCC(C)C)COP(=O)(O)OC[C@@H](O)COP(=O)(O)OC[C@@H](COC(=O)CCCCCCCCCCCCC(C)C)OC(=O)CCCCCCCCCCCCCCCC. The Kier molecular flexibility index (Phi) is 78.8. The Balaban J connectivity index is 5.24. The van der Waals surface area contributed by atoms with E-state index in [1.54, 1.807) is 0 Å². The van der Waals surface area contributed by atoms with Crippen molar-refractivity contribution in [2.75, 3.05) is 39.6 Å². The normalized spacial score (nSPS) is 13.8. The summed E-state index contributed by atoms with van der Waals surface area (Å²) in [5.74, 6) is -0.526. The van der Waals surface area contributed by atoms with E-state index in [9.17, 15) is 43.2 Å². The monoisotopic (exact) mass is 1580 g/mol. The van der Waals surface area contributed by atoms with Crippen LogP contribution in [0.3, 0.4) is 0 Å². The lowest BCUT2D eigenvalue weighted by molar-refractivity contribution is -0.161. The molecule has 17 nitrogen and oxygen atoms in total. The Morgan fingerprint density at radius 3 is 0.630 bits per heavy atom. The van der Waals surface area contributed by atoms with E-state index in [1.165, 1.54) is 295 Å². The quantitative estimate of drug-likeness (QED) is 0.0222. The van der Waals surface area contributed by atoms with Crippen molar-refractivity contribution in [2.24, 2.45) is 11.8 Å². The predicted octanol–water partition coefficient (Wildman–Crippen LogP) is 27.4. The number of carbonyl (C=O) groups excluding carboxylic acids is 4. The number of aliphatic hydroxyl groups is 1. The molecule has 0 aliphatic rings. The number of phosphoric acid groups is 2. The zero-order valence-corrected chi connectivity index (χ0v) is 73.0. The molecule has 0 aromatic rings. The van der Waals surface area contributed by atoms with Gasteiger partial charge in [0.2, 0.25) is 0 Å². The van der Waals surface area contributed by atoms with E-state index in [4.69, 9.17) is 37.0 Å². The van der Waals surface area contributed by atoms with Crippen molar-refractivity contribution in [3.63, 3.8) is 0 Å². The predicted molar refractivity (Wildman–Crippen MR) is 446 cm³/mol. The molecule has 0 amide bonds. The summed E-state index contributed by atoms with van der Waals surface area (Å²) in [5, 5.41) is 10.7. The fourth-order valence-corrected chi connectivity index (χ4v) is 15.5. The minimum Gasteiger partial charge on any atom is -0.462 e. The van der Waals surface area contributed by atoms with Gasteiger partial charge < -0.3 is 33.8 Å². The van der Waals surface area contributed by atoms with Gasteiger partial charge in [-0.25, -0.2) is 9.13 Å². The Bertz CT molecular complexity index is 2060. The third-order valence-electron chi connectivity index (χ3n) is 21.0. The van der Waals surface area contributed by atoms with Gasteiger partial charge >= 0.3 is 39.5 Å². The number of ether oxygens (including phenoxy) is 4. The van der Waals surface area contributed by atoms with Gasteiger partial charge in [-0.05, 0) is 37.5 Å². The van der Waals surface area contributed by atoms with E-state index in [0.29, 0.717) is 25.7 Å². The fraction of sp³-hybridized carbons (Fsp3) is 0.955. The lowest BCUT2D eigenvalue weighted by Gasteiger charge is -2.21. The molecule has 2 unspecified atom stereocenters. The summed E-state index contributed by atoms with van der Waals surface area (Å²) in [5.41, 5.74) is 0. The van der Waals surface area contributed by atoms with Gasteiger partial charge in [0.25, 0.3) is 0 Å². The van der Waals surface area contributed by atoms with Gasteiger partial charge in [-0.2, -0.15) is 0 Å². The summed E-state index contributed by atoms with van der Waals surface area (Å²) in [6, 6.07) is 0. The van der Waals surface area contributed by atoms with E-state index in [0.717, 1.165) is 102 Å². The van der Waals surface area contributed by atoms with E-state index in [2.05, 4.69) is 41.5 Å². The molecule has 5 atom stereocenters. The van der Waals surface area contributed by atoms with Gasteiger partial charge in [0.05, 0.1) is 26.4 Å². The molecule has 642 valence electrons. The fourth-order valence-electron chi connectivity index (χ4n) is 14.0. The Morgan fingerprint density at radius 1 is 0.250 bits per heavy atom. The number of esters is 4. The number of aliphatic hydroxyl groups excluding tert-OH is 1. The second-order valence-corrected chi connectivity index (χ2v) is 35.8. The van der Waals surface area contributed by atoms with Gasteiger partial charge in [-0.3, -0.25) is 37.3 Å². The molecule has 0 bridgehead atoms. The summed E-state index contributed by atoms with van der Waals surface area (Å²) in [6.07, 6.45) is 73.6. The third-order valence-corrected chi connectivity index (χ3v) is 22.9. The zero-order valence-electron chi connectivity index (χ0n) is 71.2. The molecule has 0 aliphatic carbocycles. The number of hydrogen-bond acceptors (Lipinski definition) is 15. The molecule has 19 heteroatoms. The second kappa shape index (κ2) is 80.3. The smallest absolute Gasteiger partial charge is 0.462 e. The summed E-state index contributed by atoms with van der Waals surface area (Å²) in [4.78, 5) is 73.3. The average molecular weight is 1580 g/mol. The lowest BCUT2D eigenvalue weighted by Crippen LogP contribution is -2.30. The molecule has 0 heterocycles. The first-order chi connectivity index (χ1) is 52.4. The van der Waals surface area contributed by atoms with E-state index < -0.39 is 97.5 Å². The topological polar surface area (TPSA) is 237 Å². The van der Waals surface area contributed by atoms with Crippen LogP contribution in [-0.2, 0) is 65.4 Å². The van der Waals surface area contributed by atoms with Crippen LogP contribution in [0.1, 0.15) is 478 Å². The molecule has 0 saturated carbocycles. The second-order valence-electron chi connectivity index (χ2n) is 32.9. The van der Waals surface area contributed by atoms with Crippen LogP contribution in [0.25, 0.3) is 0 Å². The molecule has 0 aromatic carbocycles. The van der Waals surface area contributed by atoms with Crippen LogP contribution >= 0.6 is 15.6 Å². The molecule has 0 fully saturated rings. The van der Waals surface area contributed by atoms with Gasteiger partial charge in [0.1, 0.15) is 19.3 Å². The highest BCUT2D eigenvalue weighted by molar-refractivity contribution is 7.47. The summed E-state index contributed by atoms with van der Waals surface area (Å²) < 4.78 is 69.0. The maximum atomic E-state index is 13.2. The van der Waals surface area contributed by atoms with Crippen molar-refractivity contribution in [3.05, 3.63) is 0 Å². The van der Waals surface area contributed by atoms with Crippen molar-refractivity contribution in [1.29, 1.82) is 0 Å². The van der Waals surface area contributed by atoms with Crippen LogP contribution in [0.4, 0.5) is 0 Å². The minimum absolute atomic E-state index is 0.108. The minimum atomic E-state index is -4.97. The van der Waals surface area contributed by atoms with E-state index in [-0.39, 0.29) is 25.7 Å². The van der Waals surface area contributed by atoms with Gasteiger partial charge in [-0.15, -0.1) is 0 Å². The Labute approximate surface area is 664 Å². The highest BCUT2D eigenvalue weighted by Crippen LogP contribution is 2.45. The average Bonchev–Trinajstić information content (AvgIpc) is 0.947. The zero-order chi connectivity index (χ0) is 79.2. The lowest BCUT2D eigenvalue weighted by atomic mass is 10.0. The third kappa shape index (κ3) is 82.1. The highest BCUT2D eigenvalue weighted by atomic mass is 31.2. The van der Waals surface area contributed by atoms with Crippen LogP contribution in [0, 0.1) is 11.8 Å². The molecule has 0 rings (SSSR count). The molecule has 0 aliphatic heterocycles. The van der Waals surface area contributed by atoms with Crippen molar-refractivity contribution >= 4 is 39.5 Å². The van der Waals surface area contributed by atoms with Gasteiger partial charge in [0, 0.05) is 25.7 Å². The first-order valence-corrected chi connectivity index (χ1v) is 49.0. The number of unbranched alkanes of at least 4 members (excludes halogenated alkanes) is 58. The van der Waals surface area contributed by atoms with Crippen LogP contribution in [0.15, 0.2) is 0 Å². The van der Waals surface area contributed by atoms with Crippen LogP contribution in [0.2, 0.25) is 0 Å². The maximum Gasteiger partial charge on any atom is 0.472 e. The Morgan fingerprint density at radius 2 is 0.426 bits per heavy atom. The van der Waals surface area contributed by atoms with Crippen LogP contribution in [0.5, 0.6) is 0 Å². The van der Waals surface area contributed by atoms with Crippen molar-refractivity contribution in [2.45, 2.75) is 496 Å². The number of phosphoric ester groups is 2. The summed E-state index contributed by atoms with van der Waals surface area (Å²) in [6.45, 7) is 9.72. The summed E-state index contributed by atoms with van der Waals surface area (Å²) >= 11 is 0. The molecule has 0 saturated heterocycles. The standard InChI is InChI=1S/C89H174O17P2/c1-7-9-11-13-15-17-19-21-23-24-25-26-27-28-29-34-38-42-50-56-62-68-74-89(94)105-84(77-99-86(91)71-65-59-53-47-40-37-33-31-30-32-35-39-45-51-57-63-69-81(3)4)79-103-107(95,96)101-75-83(90)76-102-108(97,98)104-80-85(78-100-87(92)72-66-60-54-48-44-43-46-52-58-64-70-82(5)6)106-88(93)73-67-61-55-49-41-36-22-20-18-16-14-12-10-8-2/h81-85,90H,7-80H2,1-6H3,(H,95,96)(H,97,98)/t83-,84-,85-/m1/s1. The Hall–Kier alpha value is -1.94. The number of hydrogen-bond donors (Lipinski definition) is 3. The molecule has 0 spiro atoms. The van der Waals surface area contributed by atoms with Gasteiger partial charge in [0.15, 0.2) is 12.2 Å². The molecule has 3 N–H and O–H groups in total. The summed E-state index contributed by atoms with van der Waals surface area (Å²) in [7, 11) is -9.93. The van der Waals surface area contributed by atoms with Gasteiger partial charge in [-0.1, -0.05) is 427 Å². The van der Waals surface area contributed by atoms with Crippen LogP contribution < -0.4 is 0 Å². The van der Waals surface area contributed by atoms with Crippen molar-refractivity contribution in [1.82, 2.24) is 0 Å². The van der Waals surface area contributed by atoms with Crippen molar-refractivity contribution in [3.8, 4) is 0 Å². The van der Waals surface area contributed by atoms with Crippen LogP contribution in [-0.4, -0.2) is 96.7 Å². The van der Waals surface area contributed by atoms with Crippen molar-refractivity contribution < 1.29 is 80.2 Å². The largest absolute Gasteiger partial charge is 0.472 e. The maximum absolute atomic E-state index is 13.2. The molecule has 0 radical (unpaired) electrons. The molecule has 108 heavy (non-hydrogen) atoms. The first-order valence-electron chi connectivity index (χ1n) is 46.0. The molecular weight excluding hydrogens is 1400 g/mol. The molecular formula is C89H174O17P2. The first kappa shape index (κ1) is 106. The number of rotatable bonds is 88.